The Labute approximate surface area is 131 Å². The first-order chi connectivity index (χ1) is 10.1. The SMILES string of the molecule is CC(C(=O)NC1CCS(=O)(=O)C1)N1CCN(S(C)(=O)=O)CC1. The van der Waals surface area contributed by atoms with Crippen LogP contribution in [0, 0.1) is 0 Å². The van der Waals surface area contributed by atoms with Crippen molar-refractivity contribution in [3.63, 3.8) is 0 Å². The lowest BCUT2D eigenvalue weighted by atomic mass is 10.2. The maximum atomic E-state index is 12.2. The number of piperazine rings is 1. The standard InChI is InChI=1S/C12H23N3O5S2/c1-10(12(16)13-11-3-8-22(19,20)9-11)14-4-6-15(7-5-14)21(2,17)18/h10-11H,3-9H2,1-2H3,(H,13,16). The van der Waals surface area contributed by atoms with Crippen LogP contribution in [0.2, 0.25) is 0 Å². The third-order valence-electron chi connectivity index (χ3n) is 4.25. The average molecular weight is 353 g/mol. The lowest BCUT2D eigenvalue weighted by Crippen LogP contribution is -2.55. The number of sulfone groups is 1. The highest BCUT2D eigenvalue weighted by Crippen LogP contribution is 2.13. The second kappa shape index (κ2) is 6.42. The highest BCUT2D eigenvalue weighted by molar-refractivity contribution is 7.91. The molecule has 2 aliphatic rings. The fourth-order valence-electron chi connectivity index (χ4n) is 2.82. The maximum absolute atomic E-state index is 12.2. The van der Waals surface area contributed by atoms with E-state index in [1.807, 2.05) is 4.90 Å². The maximum Gasteiger partial charge on any atom is 0.237 e. The van der Waals surface area contributed by atoms with Crippen LogP contribution in [0.3, 0.4) is 0 Å². The Kier molecular flexibility index (Phi) is 5.15. The molecule has 0 radical (unpaired) electrons. The van der Waals surface area contributed by atoms with E-state index in [2.05, 4.69) is 5.32 Å². The summed E-state index contributed by atoms with van der Waals surface area (Å²) in [4.78, 5) is 14.1. The summed E-state index contributed by atoms with van der Waals surface area (Å²) in [7, 11) is -6.20. The van der Waals surface area contributed by atoms with Crippen molar-refractivity contribution in [3.05, 3.63) is 0 Å². The van der Waals surface area contributed by atoms with Gasteiger partial charge in [-0.3, -0.25) is 9.69 Å². The Balaban J connectivity index is 1.85. The van der Waals surface area contributed by atoms with Crippen LogP contribution in [0.15, 0.2) is 0 Å². The summed E-state index contributed by atoms with van der Waals surface area (Å²) in [5.41, 5.74) is 0. The zero-order valence-corrected chi connectivity index (χ0v) is 14.5. The molecule has 128 valence electrons. The molecule has 0 spiro atoms. The normalized spacial score (nSPS) is 28.4. The van der Waals surface area contributed by atoms with Crippen molar-refractivity contribution in [2.45, 2.75) is 25.4 Å². The minimum atomic E-state index is -3.19. The molecular weight excluding hydrogens is 330 g/mol. The van der Waals surface area contributed by atoms with Gasteiger partial charge in [-0.2, -0.15) is 4.31 Å². The molecule has 2 atom stereocenters. The molecule has 2 fully saturated rings. The van der Waals surface area contributed by atoms with E-state index in [4.69, 9.17) is 0 Å². The predicted molar refractivity (Wildman–Crippen MR) is 82.7 cm³/mol. The monoisotopic (exact) mass is 353 g/mol. The van der Waals surface area contributed by atoms with E-state index in [0.717, 1.165) is 0 Å². The van der Waals surface area contributed by atoms with E-state index < -0.39 is 25.9 Å². The summed E-state index contributed by atoms with van der Waals surface area (Å²) in [5, 5.41) is 2.78. The van der Waals surface area contributed by atoms with Gasteiger partial charge < -0.3 is 5.32 Å². The zero-order valence-electron chi connectivity index (χ0n) is 12.9. The van der Waals surface area contributed by atoms with Gasteiger partial charge in [0.15, 0.2) is 9.84 Å². The summed E-state index contributed by atoms with van der Waals surface area (Å²) in [6, 6.07) is -0.706. The summed E-state index contributed by atoms with van der Waals surface area (Å²) < 4.78 is 47.1. The van der Waals surface area contributed by atoms with Crippen LogP contribution in [0.25, 0.3) is 0 Å². The van der Waals surface area contributed by atoms with E-state index in [-0.39, 0.29) is 23.5 Å². The number of nitrogens with one attached hydrogen (secondary N) is 1. The van der Waals surface area contributed by atoms with Gasteiger partial charge in [0.2, 0.25) is 15.9 Å². The van der Waals surface area contributed by atoms with Crippen molar-refractivity contribution < 1.29 is 21.6 Å². The molecule has 2 unspecified atom stereocenters. The summed E-state index contributed by atoms with van der Waals surface area (Å²) in [6.45, 7) is 3.48. The zero-order chi connectivity index (χ0) is 16.5. The smallest absolute Gasteiger partial charge is 0.237 e. The molecule has 1 amide bonds. The molecule has 0 bridgehead atoms. The van der Waals surface area contributed by atoms with Crippen LogP contribution in [0.4, 0.5) is 0 Å². The van der Waals surface area contributed by atoms with Crippen LogP contribution in [0.1, 0.15) is 13.3 Å². The van der Waals surface area contributed by atoms with Gasteiger partial charge in [0.05, 0.1) is 23.8 Å². The third-order valence-corrected chi connectivity index (χ3v) is 7.32. The molecule has 0 aromatic carbocycles. The molecule has 8 nitrogen and oxygen atoms in total. The van der Waals surface area contributed by atoms with Gasteiger partial charge in [-0.05, 0) is 13.3 Å². The molecule has 2 aliphatic heterocycles. The number of rotatable bonds is 4. The summed E-state index contributed by atoms with van der Waals surface area (Å²) in [5.74, 6) is -0.0675. The summed E-state index contributed by atoms with van der Waals surface area (Å²) >= 11 is 0. The number of nitrogens with zero attached hydrogens (tertiary/aromatic N) is 2. The van der Waals surface area contributed by atoms with Crippen LogP contribution in [-0.4, -0.2) is 88.0 Å². The predicted octanol–water partition coefficient (Wildman–Crippen LogP) is -1.74. The largest absolute Gasteiger partial charge is 0.351 e. The molecule has 0 saturated carbocycles. The lowest BCUT2D eigenvalue weighted by Gasteiger charge is -2.36. The Morgan fingerprint density at radius 2 is 1.82 bits per heavy atom. The van der Waals surface area contributed by atoms with Crippen molar-refractivity contribution in [3.8, 4) is 0 Å². The first kappa shape index (κ1) is 17.6. The molecule has 0 aromatic rings. The van der Waals surface area contributed by atoms with Crippen molar-refractivity contribution in [1.82, 2.24) is 14.5 Å². The van der Waals surface area contributed by atoms with Gasteiger partial charge in [0.25, 0.3) is 0 Å². The number of sulfonamides is 1. The molecule has 10 heteroatoms. The molecule has 2 saturated heterocycles. The summed E-state index contributed by atoms with van der Waals surface area (Å²) in [6.07, 6.45) is 1.64. The Hall–Kier alpha value is -0.710. The van der Waals surface area contributed by atoms with Gasteiger partial charge in [-0.15, -0.1) is 0 Å². The molecule has 2 rings (SSSR count). The van der Waals surface area contributed by atoms with E-state index in [9.17, 15) is 21.6 Å². The average Bonchev–Trinajstić information content (AvgIpc) is 2.76. The van der Waals surface area contributed by atoms with Gasteiger partial charge >= 0.3 is 0 Å². The molecule has 0 aromatic heterocycles. The van der Waals surface area contributed by atoms with Crippen molar-refractivity contribution in [1.29, 1.82) is 0 Å². The van der Waals surface area contributed by atoms with Gasteiger partial charge in [0, 0.05) is 32.2 Å². The molecular formula is C12H23N3O5S2. The second-order valence-electron chi connectivity index (χ2n) is 5.98. The molecule has 2 heterocycles. The quantitative estimate of drug-likeness (QED) is 0.643. The van der Waals surface area contributed by atoms with Crippen molar-refractivity contribution in [2.24, 2.45) is 0 Å². The lowest BCUT2D eigenvalue weighted by molar-refractivity contribution is -0.126. The van der Waals surface area contributed by atoms with Crippen LogP contribution < -0.4 is 5.32 Å². The molecule has 22 heavy (non-hydrogen) atoms. The van der Waals surface area contributed by atoms with Crippen LogP contribution >= 0.6 is 0 Å². The number of amides is 1. The molecule has 0 aliphatic carbocycles. The van der Waals surface area contributed by atoms with Gasteiger partial charge in [-0.25, -0.2) is 16.8 Å². The Morgan fingerprint density at radius 3 is 2.27 bits per heavy atom. The molecule has 1 N–H and O–H groups in total. The number of hydrogen-bond donors (Lipinski definition) is 1. The number of carbonyl (C=O) groups excluding carboxylic acids is 1. The van der Waals surface area contributed by atoms with Crippen molar-refractivity contribution in [2.75, 3.05) is 43.9 Å². The van der Waals surface area contributed by atoms with Crippen LogP contribution in [0.5, 0.6) is 0 Å². The Bertz CT molecular complexity index is 623. The van der Waals surface area contributed by atoms with Crippen LogP contribution in [-0.2, 0) is 24.7 Å². The Morgan fingerprint density at radius 1 is 1.23 bits per heavy atom. The fraction of sp³-hybridized carbons (Fsp3) is 0.917. The topological polar surface area (TPSA) is 104 Å². The van der Waals surface area contributed by atoms with Crippen molar-refractivity contribution >= 4 is 25.8 Å². The minimum Gasteiger partial charge on any atom is -0.351 e. The third kappa shape index (κ3) is 4.40. The number of carbonyl (C=O) groups is 1. The fourth-order valence-corrected chi connectivity index (χ4v) is 5.32. The van der Waals surface area contributed by atoms with E-state index in [1.165, 1.54) is 10.6 Å². The highest BCUT2D eigenvalue weighted by Gasteiger charge is 2.33. The highest BCUT2D eigenvalue weighted by atomic mass is 32.2. The number of hydrogen-bond acceptors (Lipinski definition) is 6. The van der Waals surface area contributed by atoms with Gasteiger partial charge in [0.1, 0.15) is 0 Å². The minimum absolute atomic E-state index is 0.00726. The second-order valence-corrected chi connectivity index (χ2v) is 10.2. The van der Waals surface area contributed by atoms with Gasteiger partial charge in [-0.1, -0.05) is 0 Å². The van der Waals surface area contributed by atoms with E-state index >= 15 is 0 Å². The first-order valence-corrected chi connectivity index (χ1v) is 11.0. The van der Waals surface area contributed by atoms with E-state index in [0.29, 0.717) is 32.6 Å². The first-order valence-electron chi connectivity index (χ1n) is 7.28. The van der Waals surface area contributed by atoms with E-state index in [1.54, 1.807) is 6.92 Å².